The van der Waals surface area contributed by atoms with E-state index in [1.807, 2.05) is 6.92 Å². The van der Waals surface area contributed by atoms with Crippen LogP contribution in [0.4, 0.5) is 0 Å². The zero-order valence-electron chi connectivity index (χ0n) is 22.4. The number of fused-ring (bicyclic) bond motifs is 3. The number of nitrogens with zero attached hydrogens (tertiary/aromatic N) is 1. The van der Waals surface area contributed by atoms with Gasteiger partial charge in [-0.25, -0.2) is 0 Å². The summed E-state index contributed by atoms with van der Waals surface area (Å²) in [6.07, 6.45) is 0.684. The lowest BCUT2D eigenvalue weighted by Crippen LogP contribution is -2.78. The molecule has 3 aliphatic rings. The first-order valence-corrected chi connectivity index (χ1v) is 13.2. The van der Waals surface area contributed by atoms with E-state index in [-0.39, 0.29) is 17.7 Å². The first-order chi connectivity index (χ1) is 18.3. The van der Waals surface area contributed by atoms with Gasteiger partial charge >= 0.3 is 5.97 Å². The van der Waals surface area contributed by atoms with Crippen LogP contribution < -0.4 is 5.73 Å². The number of rotatable bonds is 7. The zero-order chi connectivity index (χ0) is 29.0. The van der Waals surface area contributed by atoms with Crippen molar-refractivity contribution < 1.29 is 43.7 Å². The Hall–Kier alpha value is -3.44. The van der Waals surface area contributed by atoms with Crippen LogP contribution in [-0.2, 0) is 28.7 Å². The summed E-state index contributed by atoms with van der Waals surface area (Å²) in [5.41, 5.74) is 2.65. The summed E-state index contributed by atoms with van der Waals surface area (Å²) in [5, 5.41) is 22.5. The predicted octanol–water partition coefficient (Wildman–Crippen LogP) is 0.530. The van der Waals surface area contributed by atoms with Gasteiger partial charge in [0.25, 0.3) is 0 Å². The van der Waals surface area contributed by atoms with Crippen molar-refractivity contribution in [1.29, 1.82) is 0 Å². The number of ketones is 4. The van der Waals surface area contributed by atoms with Crippen LogP contribution in [0.25, 0.3) is 0 Å². The highest BCUT2D eigenvalue weighted by Gasteiger charge is 2.74. The lowest BCUT2D eigenvalue weighted by molar-refractivity contribution is -0.205. The molecule has 11 nitrogen and oxygen atoms in total. The monoisotopic (exact) mass is 542 g/mol. The molecule has 2 saturated carbocycles. The minimum Gasteiger partial charge on any atom is -0.507 e. The zero-order valence-corrected chi connectivity index (χ0v) is 22.4. The number of primary amides is 1. The van der Waals surface area contributed by atoms with Crippen molar-refractivity contribution in [1.82, 2.24) is 4.90 Å². The van der Waals surface area contributed by atoms with E-state index in [1.54, 1.807) is 19.1 Å². The molecule has 0 radical (unpaired) electrons. The van der Waals surface area contributed by atoms with Gasteiger partial charge in [0, 0.05) is 12.3 Å². The number of amides is 1. The molecule has 4 N–H and O–H groups in total. The number of aliphatic hydroxyl groups is 1. The Balaban J connectivity index is 1.95. The lowest BCUT2D eigenvalue weighted by atomic mass is 9.49. The third-order valence-corrected chi connectivity index (χ3v) is 8.58. The molecule has 1 aromatic carbocycles. The lowest BCUT2D eigenvalue weighted by Gasteiger charge is -2.56. The summed E-state index contributed by atoms with van der Waals surface area (Å²) in [5.74, 6) is -13.9. The molecule has 3 aliphatic carbocycles. The number of nitrogens with two attached hydrogens (primary N) is 1. The molecule has 8 atom stereocenters. The average molecular weight is 543 g/mol. The Bertz CT molecular complexity index is 1260. The van der Waals surface area contributed by atoms with Gasteiger partial charge in [0.05, 0.1) is 23.4 Å². The Morgan fingerprint density at radius 3 is 2.36 bits per heavy atom. The second-order valence-corrected chi connectivity index (χ2v) is 11.0. The highest BCUT2D eigenvalue weighted by molar-refractivity contribution is 6.32. The van der Waals surface area contributed by atoms with Crippen LogP contribution in [0.1, 0.15) is 61.4 Å². The van der Waals surface area contributed by atoms with Gasteiger partial charge in [-0.1, -0.05) is 38.8 Å². The van der Waals surface area contributed by atoms with E-state index in [1.165, 1.54) is 25.1 Å². The van der Waals surface area contributed by atoms with E-state index >= 15 is 0 Å². The maximum Gasteiger partial charge on any atom is 0.306 e. The van der Waals surface area contributed by atoms with Crippen molar-refractivity contribution in [2.75, 3.05) is 14.1 Å². The number of hydrogen-bond donors (Lipinski definition) is 3. The van der Waals surface area contributed by atoms with Crippen molar-refractivity contribution in [3.05, 3.63) is 29.3 Å². The van der Waals surface area contributed by atoms with Gasteiger partial charge < -0.3 is 20.7 Å². The molecular weight excluding hydrogens is 508 g/mol. The molecule has 2 fully saturated rings. The minimum atomic E-state index is -3.02. The second kappa shape index (κ2) is 10.3. The maximum atomic E-state index is 14.1. The summed E-state index contributed by atoms with van der Waals surface area (Å²) in [7, 11) is 2.94. The van der Waals surface area contributed by atoms with Crippen LogP contribution in [0.5, 0.6) is 5.75 Å². The van der Waals surface area contributed by atoms with E-state index < -0.39 is 82.3 Å². The number of carbonyl (C=O) groups excluding carboxylic acids is 6. The molecule has 0 heterocycles. The molecule has 6 unspecified atom stereocenters. The van der Waals surface area contributed by atoms with Crippen LogP contribution in [0, 0.1) is 23.7 Å². The third kappa shape index (κ3) is 4.19. The number of hydrogen-bond acceptors (Lipinski definition) is 10. The SMILES string of the molecule is CCCCCC(=O)OC1C2C(C(=O)c3c(O)cccc3C2C)C(=O)[C@]2(O)C(=O)C(C(N)=O)C(=O)[C@@H](N(C)C)C12. The largest absolute Gasteiger partial charge is 0.507 e. The Morgan fingerprint density at radius 2 is 1.77 bits per heavy atom. The van der Waals surface area contributed by atoms with Gasteiger partial charge in [0.1, 0.15) is 11.9 Å². The van der Waals surface area contributed by atoms with Crippen LogP contribution in [-0.4, -0.2) is 82.0 Å². The Morgan fingerprint density at radius 1 is 1.10 bits per heavy atom. The highest BCUT2D eigenvalue weighted by atomic mass is 16.5. The maximum absolute atomic E-state index is 14.1. The molecular formula is C28H34N2O9. The van der Waals surface area contributed by atoms with Gasteiger partial charge in [0.15, 0.2) is 34.7 Å². The minimum absolute atomic E-state index is 0.0129. The van der Waals surface area contributed by atoms with Gasteiger partial charge in [-0.15, -0.1) is 0 Å². The van der Waals surface area contributed by atoms with Gasteiger partial charge in [-0.2, -0.15) is 0 Å². The number of benzene rings is 1. The average Bonchev–Trinajstić information content (AvgIpc) is 2.85. The molecule has 39 heavy (non-hydrogen) atoms. The van der Waals surface area contributed by atoms with E-state index in [0.29, 0.717) is 12.0 Å². The first-order valence-electron chi connectivity index (χ1n) is 13.2. The topological polar surface area (TPSA) is 181 Å². The van der Waals surface area contributed by atoms with Gasteiger partial charge in [-0.05, 0) is 38.1 Å². The second-order valence-electron chi connectivity index (χ2n) is 11.0. The van der Waals surface area contributed by atoms with E-state index in [0.717, 1.165) is 12.8 Å². The highest BCUT2D eigenvalue weighted by Crippen LogP contribution is 2.55. The van der Waals surface area contributed by atoms with Crippen LogP contribution in [0.3, 0.4) is 0 Å². The molecule has 0 saturated heterocycles. The summed E-state index contributed by atoms with van der Waals surface area (Å²) in [4.78, 5) is 81.6. The van der Waals surface area contributed by atoms with E-state index in [9.17, 15) is 39.0 Å². The molecule has 0 aliphatic heterocycles. The fraction of sp³-hybridized carbons (Fsp3) is 0.571. The van der Waals surface area contributed by atoms with Crippen molar-refractivity contribution in [3.63, 3.8) is 0 Å². The van der Waals surface area contributed by atoms with Crippen molar-refractivity contribution in [3.8, 4) is 5.75 Å². The predicted molar refractivity (Wildman–Crippen MR) is 135 cm³/mol. The number of carbonyl (C=O) groups is 6. The van der Waals surface area contributed by atoms with Crippen LogP contribution in [0.15, 0.2) is 18.2 Å². The first kappa shape index (κ1) is 28.6. The molecule has 210 valence electrons. The molecule has 0 spiro atoms. The summed E-state index contributed by atoms with van der Waals surface area (Å²) in [6, 6.07) is 3.04. The van der Waals surface area contributed by atoms with Crippen LogP contribution >= 0.6 is 0 Å². The van der Waals surface area contributed by atoms with Crippen molar-refractivity contribution in [2.24, 2.45) is 29.4 Å². The molecule has 4 rings (SSSR count). The number of phenolic OH excluding ortho intramolecular Hbond substituents is 1. The van der Waals surface area contributed by atoms with Crippen molar-refractivity contribution >= 4 is 35.0 Å². The Kier molecular flexibility index (Phi) is 7.52. The summed E-state index contributed by atoms with van der Waals surface area (Å²) < 4.78 is 5.91. The van der Waals surface area contributed by atoms with Gasteiger partial charge in [0.2, 0.25) is 5.91 Å². The molecule has 1 amide bonds. The summed E-state index contributed by atoms with van der Waals surface area (Å²) in [6.45, 7) is 3.66. The number of esters is 1. The number of ether oxygens (including phenoxy) is 1. The van der Waals surface area contributed by atoms with Crippen LogP contribution in [0.2, 0.25) is 0 Å². The third-order valence-electron chi connectivity index (χ3n) is 8.58. The molecule has 11 heteroatoms. The quantitative estimate of drug-likeness (QED) is 0.250. The normalized spacial score (nSPS) is 33.8. The fourth-order valence-electron chi connectivity index (χ4n) is 6.80. The van der Waals surface area contributed by atoms with E-state index in [4.69, 9.17) is 10.5 Å². The van der Waals surface area contributed by atoms with E-state index in [2.05, 4.69) is 0 Å². The number of unbranched alkanes of at least 4 members (excludes halogenated alkanes) is 2. The van der Waals surface area contributed by atoms with Gasteiger partial charge in [-0.3, -0.25) is 33.7 Å². The smallest absolute Gasteiger partial charge is 0.306 e. The number of likely N-dealkylation sites (N-methyl/N-ethyl adjacent to an activating group) is 1. The number of Topliss-reactive ketones (excluding diaryl/α,β-unsaturated/α-hetero) is 4. The fourth-order valence-corrected chi connectivity index (χ4v) is 6.80. The molecule has 0 aromatic heterocycles. The molecule has 1 aromatic rings. The molecule has 0 bridgehead atoms. The standard InChI is InChI=1S/C28H34N2O9/c1-5-6-7-11-15(32)39-24-16-12(2)13-9-8-10-14(31)17(13)22(33)18(16)25(35)28(38)20(24)21(30(3)4)23(34)19(26(28)36)27(29)37/h8-10,12,16,18-21,24,31,38H,5-7,11H2,1-4H3,(H2,29,37)/t12?,16?,18?,19?,20?,21-,24?,28-/m0/s1. The Labute approximate surface area is 225 Å². The number of phenols is 1. The summed E-state index contributed by atoms with van der Waals surface area (Å²) >= 11 is 0. The number of aromatic hydroxyl groups is 1. The van der Waals surface area contributed by atoms with Crippen molar-refractivity contribution in [2.45, 2.75) is 63.2 Å².